The van der Waals surface area contributed by atoms with Crippen LogP contribution in [0.4, 0.5) is 0 Å². The maximum atomic E-state index is 12.5. The molecule has 0 radical (unpaired) electrons. The lowest BCUT2D eigenvalue weighted by atomic mass is 9.79. The van der Waals surface area contributed by atoms with Crippen LogP contribution in [0.2, 0.25) is 0 Å². The van der Waals surface area contributed by atoms with Gasteiger partial charge in [-0.2, -0.15) is 0 Å². The van der Waals surface area contributed by atoms with E-state index >= 15 is 0 Å². The molecule has 0 bridgehead atoms. The summed E-state index contributed by atoms with van der Waals surface area (Å²) in [5.41, 5.74) is 0. The predicted octanol–water partition coefficient (Wildman–Crippen LogP) is 1.78. The number of nitrogens with zero attached hydrogens (tertiary/aromatic N) is 1. The molecule has 20 heavy (non-hydrogen) atoms. The summed E-state index contributed by atoms with van der Waals surface area (Å²) in [5.74, 6) is 1.19. The van der Waals surface area contributed by atoms with Crippen LogP contribution in [0.3, 0.4) is 0 Å². The average Bonchev–Trinajstić information content (AvgIpc) is 2.48. The molecule has 1 aliphatic heterocycles. The third kappa shape index (κ3) is 3.95. The van der Waals surface area contributed by atoms with Crippen molar-refractivity contribution >= 4 is 5.91 Å². The Morgan fingerprint density at radius 3 is 2.65 bits per heavy atom. The molecule has 1 saturated heterocycles. The second-order valence-electron chi connectivity index (χ2n) is 6.42. The molecule has 1 amide bonds. The highest BCUT2D eigenvalue weighted by atomic mass is 16.3. The number of likely N-dealkylation sites (tertiary alicyclic amines) is 1. The summed E-state index contributed by atoms with van der Waals surface area (Å²) < 4.78 is 0. The Labute approximate surface area is 122 Å². The summed E-state index contributed by atoms with van der Waals surface area (Å²) in [5, 5.41) is 12.9. The van der Waals surface area contributed by atoms with Gasteiger partial charge in [-0.25, -0.2) is 0 Å². The number of rotatable bonds is 6. The molecule has 0 aromatic carbocycles. The Hall–Kier alpha value is -0.610. The molecule has 3 unspecified atom stereocenters. The van der Waals surface area contributed by atoms with Crippen LogP contribution in [0.5, 0.6) is 0 Å². The van der Waals surface area contributed by atoms with Crippen LogP contribution in [0.25, 0.3) is 0 Å². The summed E-state index contributed by atoms with van der Waals surface area (Å²) in [7, 11) is 0. The Bertz CT molecular complexity index is 309. The number of amides is 1. The highest BCUT2D eigenvalue weighted by molar-refractivity contribution is 5.82. The van der Waals surface area contributed by atoms with Crippen LogP contribution >= 0.6 is 0 Å². The lowest BCUT2D eigenvalue weighted by Crippen LogP contribution is -2.52. The quantitative estimate of drug-likeness (QED) is 0.781. The first-order valence-electron chi connectivity index (χ1n) is 8.39. The standard InChI is InChI=1S/C16H30N2O2/c1-2-9-17-15-8-5-10-18(16(15)20)11-13-6-3-4-7-14(13)12-19/h13-15,17,19H,2-12H2,1H3. The molecule has 2 fully saturated rings. The molecule has 116 valence electrons. The molecular weight excluding hydrogens is 252 g/mol. The van der Waals surface area contributed by atoms with E-state index in [9.17, 15) is 9.90 Å². The van der Waals surface area contributed by atoms with E-state index in [1.807, 2.05) is 0 Å². The van der Waals surface area contributed by atoms with Gasteiger partial charge in [0.2, 0.25) is 5.91 Å². The van der Waals surface area contributed by atoms with Gasteiger partial charge in [0.05, 0.1) is 6.04 Å². The summed E-state index contributed by atoms with van der Waals surface area (Å²) in [6, 6.07) is 0.0277. The zero-order valence-corrected chi connectivity index (χ0v) is 12.8. The number of carbonyl (C=O) groups is 1. The predicted molar refractivity (Wildman–Crippen MR) is 80.4 cm³/mol. The second kappa shape index (κ2) is 7.99. The molecule has 4 nitrogen and oxygen atoms in total. The summed E-state index contributed by atoms with van der Waals surface area (Å²) >= 11 is 0. The molecule has 2 N–H and O–H groups in total. The molecular formula is C16H30N2O2. The van der Waals surface area contributed by atoms with Crippen molar-refractivity contribution in [3.05, 3.63) is 0 Å². The molecule has 0 aromatic heterocycles. The fraction of sp³-hybridized carbons (Fsp3) is 0.938. The van der Waals surface area contributed by atoms with E-state index in [1.165, 1.54) is 19.3 Å². The third-order valence-electron chi connectivity index (χ3n) is 4.93. The molecule has 0 spiro atoms. The van der Waals surface area contributed by atoms with Crippen molar-refractivity contribution in [2.24, 2.45) is 11.8 Å². The van der Waals surface area contributed by atoms with Gasteiger partial charge in [0.1, 0.15) is 0 Å². The van der Waals surface area contributed by atoms with Crippen molar-refractivity contribution in [3.63, 3.8) is 0 Å². The molecule has 1 aliphatic carbocycles. The normalized spacial score (nSPS) is 31.6. The van der Waals surface area contributed by atoms with Crippen LogP contribution in [0.15, 0.2) is 0 Å². The van der Waals surface area contributed by atoms with E-state index < -0.39 is 0 Å². The number of hydrogen-bond acceptors (Lipinski definition) is 3. The van der Waals surface area contributed by atoms with Crippen molar-refractivity contribution in [1.29, 1.82) is 0 Å². The van der Waals surface area contributed by atoms with Gasteiger partial charge >= 0.3 is 0 Å². The molecule has 4 heteroatoms. The first-order chi connectivity index (χ1) is 9.76. The van der Waals surface area contributed by atoms with Crippen molar-refractivity contribution in [2.45, 2.75) is 57.9 Å². The van der Waals surface area contributed by atoms with Crippen LogP contribution in [0.1, 0.15) is 51.9 Å². The van der Waals surface area contributed by atoms with Gasteiger partial charge in [0.25, 0.3) is 0 Å². The van der Waals surface area contributed by atoms with Gasteiger partial charge in [0.15, 0.2) is 0 Å². The lowest BCUT2D eigenvalue weighted by molar-refractivity contribution is -0.137. The number of hydrogen-bond donors (Lipinski definition) is 2. The van der Waals surface area contributed by atoms with Crippen molar-refractivity contribution in [1.82, 2.24) is 10.2 Å². The second-order valence-corrected chi connectivity index (χ2v) is 6.42. The van der Waals surface area contributed by atoms with Crippen LogP contribution in [-0.2, 0) is 4.79 Å². The fourth-order valence-electron chi connectivity index (χ4n) is 3.68. The van der Waals surface area contributed by atoms with Gasteiger partial charge < -0.3 is 15.3 Å². The molecule has 0 aromatic rings. The maximum absolute atomic E-state index is 12.5. The minimum absolute atomic E-state index is 0.0277. The summed E-state index contributed by atoms with van der Waals surface area (Å²) in [4.78, 5) is 14.6. The Morgan fingerprint density at radius 1 is 1.20 bits per heavy atom. The zero-order chi connectivity index (χ0) is 14.4. The first-order valence-corrected chi connectivity index (χ1v) is 8.39. The largest absolute Gasteiger partial charge is 0.396 e. The molecule has 3 atom stereocenters. The number of aliphatic hydroxyl groups is 1. The SMILES string of the molecule is CCCNC1CCCN(CC2CCCCC2CO)C1=O. The van der Waals surface area contributed by atoms with E-state index in [1.54, 1.807) is 0 Å². The van der Waals surface area contributed by atoms with Gasteiger partial charge in [-0.05, 0) is 50.5 Å². The highest BCUT2D eigenvalue weighted by Crippen LogP contribution is 2.31. The summed E-state index contributed by atoms with van der Waals surface area (Å²) in [6.45, 7) is 5.09. The average molecular weight is 282 g/mol. The molecule has 1 saturated carbocycles. The number of piperidine rings is 1. The molecule has 2 rings (SSSR count). The number of nitrogens with one attached hydrogen (secondary N) is 1. The van der Waals surface area contributed by atoms with E-state index in [2.05, 4.69) is 17.1 Å². The van der Waals surface area contributed by atoms with Crippen molar-refractivity contribution < 1.29 is 9.90 Å². The van der Waals surface area contributed by atoms with Crippen LogP contribution < -0.4 is 5.32 Å². The Balaban J connectivity index is 1.88. The van der Waals surface area contributed by atoms with E-state index in [0.717, 1.165) is 45.3 Å². The topological polar surface area (TPSA) is 52.6 Å². The summed E-state index contributed by atoms with van der Waals surface area (Å²) in [6.07, 6.45) is 7.92. The minimum atomic E-state index is 0.0277. The van der Waals surface area contributed by atoms with Gasteiger partial charge in [-0.3, -0.25) is 4.79 Å². The van der Waals surface area contributed by atoms with Gasteiger partial charge in [-0.15, -0.1) is 0 Å². The first kappa shape index (κ1) is 15.8. The monoisotopic (exact) mass is 282 g/mol. The van der Waals surface area contributed by atoms with E-state index in [-0.39, 0.29) is 18.6 Å². The highest BCUT2D eigenvalue weighted by Gasteiger charge is 2.32. The maximum Gasteiger partial charge on any atom is 0.239 e. The van der Waals surface area contributed by atoms with Crippen LogP contribution in [-0.4, -0.2) is 48.2 Å². The van der Waals surface area contributed by atoms with Gasteiger partial charge in [0, 0.05) is 19.7 Å². The Morgan fingerprint density at radius 2 is 1.95 bits per heavy atom. The van der Waals surface area contributed by atoms with E-state index in [4.69, 9.17) is 0 Å². The van der Waals surface area contributed by atoms with Crippen molar-refractivity contribution in [2.75, 3.05) is 26.2 Å². The Kier molecular flexibility index (Phi) is 6.30. The zero-order valence-electron chi connectivity index (χ0n) is 12.8. The number of carbonyl (C=O) groups excluding carboxylic acids is 1. The fourth-order valence-corrected chi connectivity index (χ4v) is 3.68. The number of aliphatic hydroxyl groups excluding tert-OH is 1. The van der Waals surface area contributed by atoms with Crippen LogP contribution in [0, 0.1) is 11.8 Å². The lowest BCUT2D eigenvalue weighted by Gasteiger charge is -2.38. The smallest absolute Gasteiger partial charge is 0.239 e. The van der Waals surface area contributed by atoms with Gasteiger partial charge in [-0.1, -0.05) is 19.8 Å². The van der Waals surface area contributed by atoms with Crippen molar-refractivity contribution in [3.8, 4) is 0 Å². The molecule has 2 aliphatic rings. The minimum Gasteiger partial charge on any atom is -0.396 e. The van der Waals surface area contributed by atoms with E-state index in [0.29, 0.717) is 11.8 Å². The third-order valence-corrected chi connectivity index (χ3v) is 4.93. The molecule has 1 heterocycles.